The Morgan fingerprint density at radius 3 is 2.76 bits per heavy atom. The summed E-state index contributed by atoms with van der Waals surface area (Å²) in [5.41, 5.74) is 7.30. The number of carbonyl (C=O) groups is 1. The Hall–Kier alpha value is -2.70. The van der Waals surface area contributed by atoms with E-state index in [0.29, 0.717) is 17.1 Å². The summed E-state index contributed by atoms with van der Waals surface area (Å²) in [5, 5.41) is 23.6. The summed E-state index contributed by atoms with van der Waals surface area (Å²) in [4.78, 5) is 13.4. The number of aromatic hydroxyl groups is 1. The summed E-state index contributed by atoms with van der Waals surface area (Å²) in [7, 11) is 0. The third kappa shape index (κ3) is 3.87. The monoisotopic (exact) mass is 354 g/mol. The fourth-order valence-electron chi connectivity index (χ4n) is 2.55. The smallest absolute Gasteiger partial charge is 0.259 e. The Morgan fingerprint density at radius 2 is 1.96 bits per heavy atom. The lowest BCUT2D eigenvalue weighted by Gasteiger charge is -2.11. The minimum atomic E-state index is -0.395. The van der Waals surface area contributed by atoms with Gasteiger partial charge in [-0.1, -0.05) is 18.2 Å². The summed E-state index contributed by atoms with van der Waals surface area (Å²) >= 11 is 1.42. The van der Waals surface area contributed by atoms with Gasteiger partial charge in [0.25, 0.3) is 5.91 Å². The Kier molecular flexibility index (Phi) is 5.11. The molecule has 0 radical (unpaired) electrons. The van der Waals surface area contributed by atoms with Crippen molar-refractivity contribution in [1.82, 2.24) is 0 Å². The highest BCUT2D eigenvalue weighted by Crippen LogP contribution is 2.28. The van der Waals surface area contributed by atoms with Crippen LogP contribution in [0.25, 0.3) is 10.8 Å². The number of nitrogens with two attached hydrogens (primary N) is 1. The number of phenolic OH excluding ortho intramolecular Hbond substituents is 1. The largest absolute Gasteiger partial charge is 0.507 e. The Balaban J connectivity index is 1.90. The number of benzene rings is 3. The first-order valence-corrected chi connectivity index (χ1v) is 8.73. The van der Waals surface area contributed by atoms with Gasteiger partial charge in [0.2, 0.25) is 0 Å². The fourth-order valence-corrected chi connectivity index (χ4v) is 3.24. The lowest BCUT2D eigenvalue weighted by molar-refractivity contribution is 0.102. The summed E-state index contributed by atoms with van der Waals surface area (Å²) in [6.07, 6.45) is 0. The molecule has 0 unspecified atom stereocenters. The van der Waals surface area contributed by atoms with Crippen LogP contribution in [0.4, 0.5) is 11.4 Å². The maximum atomic E-state index is 12.6. The number of carbonyl (C=O) groups excluding carboxylic acids is 1. The molecule has 0 saturated carbocycles. The molecule has 0 aliphatic carbocycles. The van der Waals surface area contributed by atoms with Crippen molar-refractivity contribution in [2.75, 3.05) is 23.4 Å². The summed E-state index contributed by atoms with van der Waals surface area (Å²) < 4.78 is 0. The van der Waals surface area contributed by atoms with E-state index in [-0.39, 0.29) is 17.9 Å². The summed E-state index contributed by atoms with van der Waals surface area (Å²) in [6, 6.07) is 15.9. The lowest BCUT2D eigenvalue weighted by Crippen LogP contribution is -2.12. The van der Waals surface area contributed by atoms with E-state index in [1.54, 1.807) is 24.3 Å². The molecule has 0 heterocycles. The van der Waals surface area contributed by atoms with Crippen LogP contribution in [0, 0.1) is 0 Å². The van der Waals surface area contributed by atoms with E-state index < -0.39 is 5.91 Å². The average molecular weight is 354 g/mol. The molecule has 128 valence electrons. The van der Waals surface area contributed by atoms with Gasteiger partial charge in [0.05, 0.1) is 12.2 Å². The van der Waals surface area contributed by atoms with Crippen molar-refractivity contribution in [3.8, 4) is 5.75 Å². The van der Waals surface area contributed by atoms with Crippen LogP contribution < -0.4 is 11.1 Å². The van der Waals surface area contributed by atoms with Crippen molar-refractivity contribution in [2.45, 2.75) is 4.90 Å². The molecule has 0 saturated heterocycles. The topological polar surface area (TPSA) is 95.6 Å². The number of fused-ring (bicyclic) bond motifs is 1. The average Bonchev–Trinajstić information content (AvgIpc) is 2.60. The molecule has 0 fully saturated rings. The highest BCUT2D eigenvalue weighted by Gasteiger charge is 2.14. The number of amides is 1. The number of rotatable bonds is 5. The third-order valence-corrected chi connectivity index (χ3v) is 4.70. The first-order chi connectivity index (χ1) is 12.1. The first kappa shape index (κ1) is 17.1. The predicted octanol–water partition coefficient (Wildman–Crippen LogP) is 3.46. The minimum Gasteiger partial charge on any atom is -0.507 e. The van der Waals surface area contributed by atoms with Crippen molar-refractivity contribution in [3.63, 3.8) is 0 Å². The van der Waals surface area contributed by atoms with E-state index in [2.05, 4.69) is 5.32 Å². The number of anilines is 2. The summed E-state index contributed by atoms with van der Waals surface area (Å²) in [6.45, 7) is 0.0478. The normalized spacial score (nSPS) is 10.8. The van der Waals surface area contributed by atoms with E-state index in [4.69, 9.17) is 10.8 Å². The van der Waals surface area contributed by atoms with Crippen molar-refractivity contribution in [1.29, 1.82) is 0 Å². The molecule has 0 atom stereocenters. The molecule has 0 bridgehead atoms. The number of nitrogens with one attached hydrogen (secondary N) is 1. The van der Waals surface area contributed by atoms with Crippen LogP contribution in [0.3, 0.4) is 0 Å². The number of aliphatic hydroxyl groups is 1. The van der Waals surface area contributed by atoms with Crippen LogP contribution >= 0.6 is 11.8 Å². The van der Waals surface area contributed by atoms with Gasteiger partial charge in [0, 0.05) is 27.4 Å². The maximum Gasteiger partial charge on any atom is 0.259 e. The molecule has 3 aromatic rings. The molecule has 3 rings (SSSR count). The van der Waals surface area contributed by atoms with Crippen LogP contribution in [0.1, 0.15) is 10.4 Å². The van der Waals surface area contributed by atoms with Crippen LogP contribution in [0.2, 0.25) is 0 Å². The Labute approximate surface area is 149 Å². The molecule has 5 N–H and O–H groups in total. The second-order valence-corrected chi connectivity index (χ2v) is 6.66. The van der Waals surface area contributed by atoms with E-state index in [1.165, 1.54) is 17.8 Å². The molecule has 0 aliphatic rings. The molecule has 0 spiro atoms. The molecule has 0 aliphatic heterocycles. The van der Waals surface area contributed by atoms with Crippen LogP contribution in [0.5, 0.6) is 5.75 Å². The minimum absolute atomic E-state index is 0.0478. The van der Waals surface area contributed by atoms with Crippen molar-refractivity contribution in [2.24, 2.45) is 0 Å². The van der Waals surface area contributed by atoms with E-state index in [9.17, 15) is 9.90 Å². The highest BCUT2D eigenvalue weighted by molar-refractivity contribution is 7.99. The fraction of sp³-hybridized carbons (Fsp3) is 0.105. The first-order valence-electron chi connectivity index (χ1n) is 7.75. The van der Waals surface area contributed by atoms with Crippen LogP contribution in [0.15, 0.2) is 59.5 Å². The number of hydrogen-bond donors (Lipinski definition) is 4. The maximum absolute atomic E-state index is 12.6. The van der Waals surface area contributed by atoms with E-state index in [1.807, 2.05) is 24.3 Å². The quantitative estimate of drug-likeness (QED) is 0.416. The van der Waals surface area contributed by atoms with Crippen molar-refractivity contribution in [3.05, 3.63) is 60.2 Å². The number of aliphatic hydroxyl groups excluding tert-OH is 1. The Bertz CT molecular complexity index is 928. The standard InChI is InChI=1S/C19H18N2O3S/c20-13-4-6-15-12(10-13)2-1-3-17(15)21-19(24)16-11-14(25-9-8-22)5-7-18(16)23/h1-7,10-11,22-23H,8-9,20H2,(H,21,24). The predicted molar refractivity (Wildman–Crippen MR) is 102 cm³/mol. The second-order valence-electron chi connectivity index (χ2n) is 5.49. The van der Waals surface area contributed by atoms with E-state index in [0.717, 1.165) is 15.7 Å². The van der Waals surface area contributed by atoms with Gasteiger partial charge in [-0.2, -0.15) is 0 Å². The van der Waals surface area contributed by atoms with Crippen LogP contribution in [-0.2, 0) is 0 Å². The van der Waals surface area contributed by atoms with Gasteiger partial charge in [-0.25, -0.2) is 0 Å². The SMILES string of the molecule is Nc1ccc2c(NC(=O)c3cc(SCCO)ccc3O)cccc2c1. The van der Waals surface area contributed by atoms with Gasteiger partial charge >= 0.3 is 0 Å². The molecule has 5 nitrogen and oxygen atoms in total. The lowest BCUT2D eigenvalue weighted by atomic mass is 10.1. The molecule has 6 heteroatoms. The molecule has 1 amide bonds. The van der Waals surface area contributed by atoms with Gasteiger partial charge in [-0.05, 0) is 41.8 Å². The van der Waals surface area contributed by atoms with Gasteiger partial charge in [-0.3, -0.25) is 4.79 Å². The second kappa shape index (κ2) is 7.46. The van der Waals surface area contributed by atoms with Gasteiger partial charge < -0.3 is 21.3 Å². The van der Waals surface area contributed by atoms with Crippen molar-refractivity contribution < 1.29 is 15.0 Å². The van der Waals surface area contributed by atoms with E-state index >= 15 is 0 Å². The number of phenols is 1. The summed E-state index contributed by atoms with van der Waals surface area (Å²) in [5.74, 6) is 0.0416. The van der Waals surface area contributed by atoms with Crippen LogP contribution in [-0.4, -0.2) is 28.5 Å². The molecule has 3 aromatic carbocycles. The number of thioether (sulfide) groups is 1. The van der Waals surface area contributed by atoms with Gasteiger partial charge in [0.15, 0.2) is 0 Å². The zero-order valence-corrected chi connectivity index (χ0v) is 14.2. The molecular weight excluding hydrogens is 336 g/mol. The van der Waals surface area contributed by atoms with Gasteiger partial charge in [-0.15, -0.1) is 11.8 Å². The molecular formula is C19H18N2O3S. The third-order valence-electron chi connectivity index (χ3n) is 3.73. The number of hydrogen-bond acceptors (Lipinski definition) is 5. The zero-order valence-electron chi connectivity index (χ0n) is 13.4. The molecule has 25 heavy (non-hydrogen) atoms. The van der Waals surface area contributed by atoms with Gasteiger partial charge in [0.1, 0.15) is 5.75 Å². The zero-order chi connectivity index (χ0) is 17.8. The van der Waals surface area contributed by atoms with Crippen molar-refractivity contribution >= 4 is 39.8 Å². The number of nitrogen functional groups attached to an aromatic ring is 1. The highest BCUT2D eigenvalue weighted by atomic mass is 32.2. The Morgan fingerprint density at radius 1 is 1.12 bits per heavy atom. The molecule has 0 aromatic heterocycles.